The molecule has 0 saturated heterocycles. The summed E-state index contributed by atoms with van der Waals surface area (Å²) in [6.07, 6.45) is 8.54. The van der Waals surface area contributed by atoms with E-state index in [1.54, 1.807) is 6.07 Å². The molecule has 0 aliphatic rings. The first-order chi connectivity index (χ1) is 19.4. The Morgan fingerprint density at radius 3 is 2.10 bits per heavy atom. The van der Waals surface area contributed by atoms with Crippen LogP contribution < -0.4 is 9.47 Å². The van der Waals surface area contributed by atoms with Crippen molar-refractivity contribution in [1.29, 1.82) is 0 Å². The van der Waals surface area contributed by atoms with Gasteiger partial charge in [-0.05, 0) is 84.0 Å². The SMILES string of the molecule is CCCCCCCOc1ccc(CCc2ccc3c(F)c(CCc4ccc(OC(F)F)c(F)c4)ccc3c2)cc1. The van der Waals surface area contributed by atoms with Crippen LogP contribution in [0.25, 0.3) is 10.8 Å². The summed E-state index contributed by atoms with van der Waals surface area (Å²) in [6.45, 7) is -0.122. The van der Waals surface area contributed by atoms with E-state index in [9.17, 15) is 13.2 Å². The van der Waals surface area contributed by atoms with Gasteiger partial charge in [-0.2, -0.15) is 8.78 Å². The van der Waals surface area contributed by atoms with E-state index in [1.807, 2.05) is 36.4 Å². The van der Waals surface area contributed by atoms with Gasteiger partial charge >= 0.3 is 6.61 Å². The molecule has 0 spiro atoms. The summed E-state index contributed by atoms with van der Waals surface area (Å²) < 4.78 is 63.9. The van der Waals surface area contributed by atoms with Gasteiger partial charge in [0.15, 0.2) is 11.6 Å². The Hall–Kier alpha value is -3.54. The van der Waals surface area contributed by atoms with Crippen LogP contribution in [0.4, 0.5) is 17.6 Å². The second-order valence-electron chi connectivity index (χ2n) is 10.1. The van der Waals surface area contributed by atoms with Crippen LogP contribution in [0.5, 0.6) is 11.5 Å². The quantitative estimate of drug-likeness (QED) is 0.108. The first kappa shape index (κ1) is 29.4. The maximum atomic E-state index is 15.3. The first-order valence-electron chi connectivity index (χ1n) is 14.1. The first-order valence-corrected chi connectivity index (χ1v) is 14.1. The highest BCUT2D eigenvalue weighted by atomic mass is 19.3. The van der Waals surface area contributed by atoms with Crippen molar-refractivity contribution in [3.8, 4) is 11.5 Å². The van der Waals surface area contributed by atoms with Crippen molar-refractivity contribution in [3.63, 3.8) is 0 Å². The highest BCUT2D eigenvalue weighted by Crippen LogP contribution is 2.26. The van der Waals surface area contributed by atoms with E-state index in [0.717, 1.165) is 48.6 Å². The normalized spacial score (nSPS) is 11.3. The molecule has 2 nitrogen and oxygen atoms in total. The Bertz CT molecular complexity index is 1370. The van der Waals surface area contributed by atoms with Crippen LogP contribution in [0.3, 0.4) is 0 Å². The maximum Gasteiger partial charge on any atom is 0.387 e. The zero-order valence-electron chi connectivity index (χ0n) is 22.9. The number of benzene rings is 4. The lowest BCUT2D eigenvalue weighted by Gasteiger charge is -2.10. The molecule has 0 atom stereocenters. The standard InChI is InChI=1S/C34H36F4O2/c1-2-3-4-5-6-21-39-29-17-10-24(11-18-29)7-8-25-12-19-30-28(22-25)16-15-27(33(30)36)14-9-26-13-20-32(31(35)23-26)40-34(37)38/h10-13,15-20,22-23,34H,2-9,14,21H2,1H3. The third-order valence-corrected chi connectivity index (χ3v) is 7.14. The summed E-state index contributed by atoms with van der Waals surface area (Å²) in [5, 5.41) is 1.38. The van der Waals surface area contributed by atoms with Crippen molar-refractivity contribution in [3.05, 3.63) is 107 Å². The predicted octanol–water partition coefficient (Wildman–Crippen LogP) is 9.64. The van der Waals surface area contributed by atoms with Crippen molar-refractivity contribution in [1.82, 2.24) is 0 Å². The summed E-state index contributed by atoms with van der Waals surface area (Å²) >= 11 is 0. The molecular weight excluding hydrogens is 516 g/mol. The van der Waals surface area contributed by atoms with Gasteiger partial charge in [0.05, 0.1) is 6.61 Å². The number of rotatable bonds is 15. The van der Waals surface area contributed by atoms with Crippen LogP contribution in [-0.2, 0) is 25.7 Å². The minimum atomic E-state index is -3.09. The number of hydrogen-bond acceptors (Lipinski definition) is 2. The number of fused-ring (bicyclic) bond motifs is 1. The summed E-state index contributed by atoms with van der Waals surface area (Å²) in [7, 11) is 0. The Morgan fingerprint density at radius 2 is 1.35 bits per heavy atom. The molecule has 0 radical (unpaired) electrons. The fraction of sp³-hybridized carbons (Fsp3) is 0.353. The lowest BCUT2D eigenvalue weighted by molar-refractivity contribution is -0.0522. The minimum absolute atomic E-state index is 0.289. The molecule has 0 saturated carbocycles. The number of aryl methyl sites for hydroxylation is 4. The average Bonchev–Trinajstić information content (AvgIpc) is 2.95. The molecular formula is C34H36F4O2. The molecule has 0 aliphatic carbocycles. The number of ether oxygens (including phenoxy) is 2. The molecule has 0 aliphatic heterocycles. The maximum absolute atomic E-state index is 15.3. The van der Waals surface area contributed by atoms with Gasteiger partial charge in [-0.1, -0.05) is 81.1 Å². The van der Waals surface area contributed by atoms with Crippen LogP contribution in [0.2, 0.25) is 0 Å². The van der Waals surface area contributed by atoms with Gasteiger partial charge < -0.3 is 9.47 Å². The number of hydrogen-bond donors (Lipinski definition) is 0. The van der Waals surface area contributed by atoms with Crippen LogP contribution in [-0.4, -0.2) is 13.2 Å². The van der Waals surface area contributed by atoms with Gasteiger partial charge in [0.1, 0.15) is 11.6 Å². The smallest absolute Gasteiger partial charge is 0.387 e. The second-order valence-corrected chi connectivity index (χ2v) is 10.1. The van der Waals surface area contributed by atoms with E-state index in [0.29, 0.717) is 29.4 Å². The van der Waals surface area contributed by atoms with Crippen LogP contribution >= 0.6 is 0 Å². The highest BCUT2D eigenvalue weighted by molar-refractivity contribution is 5.84. The Labute approximate surface area is 233 Å². The molecule has 40 heavy (non-hydrogen) atoms. The van der Waals surface area contributed by atoms with Gasteiger partial charge in [0, 0.05) is 5.39 Å². The van der Waals surface area contributed by atoms with Crippen molar-refractivity contribution in [2.45, 2.75) is 71.3 Å². The lowest BCUT2D eigenvalue weighted by Crippen LogP contribution is -2.04. The third-order valence-electron chi connectivity index (χ3n) is 7.14. The van der Waals surface area contributed by atoms with E-state index in [-0.39, 0.29) is 5.82 Å². The zero-order valence-corrected chi connectivity index (χ0v) is 22.9. The van der Waals surface area contributed by atoms with E-state index in [1.165, 1.54) is 43.4 Å². The predicted molar refractivity (Wildman–Crippen MR) is 152 cm³/mol. The average molecular weight is 553 g/mol. The van der Waals surface area contributed by atoms with Crippen molar-refractivity contribution in [2.24, 2.45) is 0 Å². The summed E-state index contributed by atoms with van der Waals surface area (Å²) in [6, 6.07) is 21.6. The molecule has 0 N–H and O–H groups in total. The van der Waals surface area contributed by atoms with E-state index in [2.05, 4.69) is 23.8 Å². The van der Waals surface area contributed by atoms with Gasteiger partial charge in [-0.15, -0.1) is 0 Å². The van der Waals surface area contributed by atoms with E-state index in [4.69, 9.17) is 4.74 Å². The third kappa shape index (κ3) is 8.48. The van der Waals surface area contributed by atoms with Crippen molar-refractivity contribution in [2.75, 3.05) is 6.61 Å². The topological polar surface area (TPSA) is 18.5 Å². The van der Waals surface area contributed by atoms with Gasteiger partial charge in [0.25, 0.3) is 0 Å². The number of unbranched alkanes of at least 4 members (excludes halogenated alkanes) is 4. The molecule has 0 heterocycles. The summed E-state index contributed by atoms with van der Waals surface area (Å²) in [5.41, 5.74) is 3.46. The molecule has 212 valence electrons. The fourth-order valence-corrected chi connectivity index (χ4v) is 4.84. The molecule has 0 amide bonds. The van der Waals surface area contributed by atoms with Gasteiger partial charge in [-0.25, -0.2) is 8.78 Å². The summed E-state index contributed by atoms with van der Waals surface area (Å²) in [4.78, 5) is 0. The second kappa shape index (κ2) is 14.7. The lowest BCUT2D eigenvalue weighted by atomic mass is 9.97. The van der Waals surface area contributed by atoms with Crippen LogP contribution in [0.15, 0.2) is 72.8 Å². The molecule has 0 aromatic heterocycles. The number of halogens is 4. The Kier molecular flexibility index (Phi) is 10.8. The van der Waals surface area contributed by atoms with E-state index < -0.39 is 18.2 Å². The Balaban J connectivity index is 1.30. The zero-order chi connectivity index (χ0) is 28.3. The molecule has 0 unspecified atom stereocenters. The van der Waals surface area contributed by atoms with Crippen LogP contribution in [0.1, 0.15) is 61.3 Å². The summed E-state index contributed by atoms with van der Waals surface area (Å²) in [5.74, 6) is -0.745. The van der Waals surface area contributed by atoms with Crippen LogP contribution in [0, 0.1) is 11.6 Å². The Morgan fingerprint density at radius 1 is 0.675 bits per heavy atom. The van der Waals surface area contributed by atoms with Gasteiger partial charge in [-0.3, -0.25) is 0 Å². The largest absolute Gasteiger partial charge is 0.494 e. The molecule has 0 fully saturated rings. The molecule has 4 rings (SSSR count). The number of alkyl halides is 2. The molecule has 0 bridgehead atoms. The molecule has 4 aromatic carbocycles. The van der Waals surface area contributed by atoms with Crippen molar-refractivity contribution < 1.29 is 27.0 Å². The van der Waals surface area contributed by atoms with Crippen molar-refractivity contribution >= 4 is 10.8 Å². The monoisotopic (exact) mass is 552 g/mol. The minimum Gasteiger partial charge on any atom is -0.494 e. The van der Waals surface area contributed by atoms with E-state index >= 15 is 4.39 Å². The molecule has 4 aromatic rings. The highest BCUT2D eigenvalue weighted by Gasteiger charge is 2.12. The fourth-order valence-electron chi connectivity index (χ4n) is 4.84. The van der Waals surface area contributed by atoms with Gasteiger partial charge in [0.2, 0.25) is 0 Å². The molecule has 6 heteroatoms.